The summed E-state index contributed by atoms with van der Waals surface area (Å²) in [7, 11) is 1.80. The van der Waals surface area contributed by atoms with Crippen molar-refractivity contribution >= 4 is 17.8 Å². The molecule has 1 N–H and O–H groups in total. The summed E-state index contributed by atoms with van der Waals surface area (Å²) in [5.41, 5.74) is -0.740. The van der Waals surface area contributed by atoms with Gasteiger partial charge >= 0.3 is 6.03 Å². The zero-order valence-corrected chi connectivity index (χ0v) is 19.3. The van der Waals surface area contributed by atoms with E-state index >= 15 is 0 Å². The number of carbonyl (C=O) groups excluding carboxylic acids is 3. The Morgan fingerprint density at radius 3 is 2.43 bits per heavy atom. The van der Waals surface area contributed by atoms with Crippen LogP contribution in [0.3, 0.4) is 0 Å². The predicted molar refractivity (Wildman–Crippen MR) is 113 cm³/mol. The second-order valence-corrected chi connectivity index (χ2v) is 11.6. The lowest BCUT2D eigenvalue weighted by atomic mass is 9.57. The van der Waals surface area contributed by atoms with Crippen molar-refractivity contribution in [3.8, 4) is 0 Å². The van der Waals surface area contributed by atoms with Gasteiger partial charge in [-0.05, 0) is 43.4 Å². The number of likely N-dealkylation sites (N-methyl/N-ethyl adjacent to an activating group) is 1. The monoisotopic (exact) mass is 419 g/mol. The molecule has 0 aromatic carbocycles. The third kappa shape index (κ3) is 3.15. The van der Waals surface area contributed by atoms with Crippen LogP contribution in [0.2, 0.25) is 0 Å². The van der Waals surface area contributed by atoms with Gasteiger partial charge in [0.25, 0.3) is 5.91 Å². The summed E-state index contributed by atoms with van der Waals surface area (Å²) >= 11 is 0. The fourth-order valence-corrected chi connectivity index (χ4v) is 6.62. The molecule has 30 heavy (non-hydrogen) atoms. The molecular formula is C23H37N3O4. The zero-order valence-electron chi connectivity index (χ0n) is 19.3. The standard InChI is InChI=1S/C23H37N3O4/c1-21(2,3)14-7-10-23(11-8-14)19(28)26(20(29)24-23)13-16(27)25(6)17-15-9-12-30-18(15)22(17,4)5/h14-15,17-18H,7-13H2,1-6H3,(H,24,29)/t14?,15-,17+,18+,23?/m0/s1. The molecule has 4 fully saturated rings. The second-order valence-electron chi connectivity index (χ2n) is 11.6. The Bertz CT molecular complexity index is 748. The van der Waals surface area contributed by atoms with Crippen molar-refractivity contribution < 1.29 is 19.1 Å². The van der Waals surface area contributed by atoms with E-state index in [2.05, 4.69) is 39.9 Å². The lowest BCUT2D eigenvalue weighted by molar-refractivity contribution is -0.168. The maximum atomic E-state index is 13.2. The number of ether oxygens (including phenoxy) is 1. The normalized spacial score (nSPS) is 32.7. The van der Waals surface area contributed by atoms with E-state index in [1.165, 1.54) is 0 Å². The molecule has 7 nitrogen and oxygen atoms in total. The third-order valence-electron chi connectivity index (χ3n) is 8.45. The van der Waals surface area contributed by atoms with Crippen LogP contribution in [0.25, 0.3) is 0 Å². The Balaban J connectivity index is 1.41. The highest BCUT2D eigenvalue weighted by Gasteiger charge is 2.62. The molecule has 4 aliphatic rings. The largest absolute Gasteiger partial charge is 0.377 e. The van der Waals surface area contributed by atoms with E-state index in [1.54, 1.807) is 11.9 Å². The van der Waals surface area contributed by atoms with Gasteiger partial charge in [0.1, 0.15) is 12.1 Å². The van der Waals surface area contributed by atoms with E-state index < -0.39 is 11.6 Å². The Labute approximate surface area is 179 Å². The summed E-state index contributed by atoms with van der Waals surface area (Å²) < 4.78 is 5.84. The summed E-state index contributed by atoms with van der Waals surface area (Å²) in [6.45, 7) is 11.5. The number of imide groups is 1. The molecule has 2 heterocycles. The average molecular weight is 420 g/mol. The highest BCUT2D eigenvalue weighted by atomic mass is 16.5. The minimum Gasteiger partial charge on any atom is -0.377 e. The van der Waals surface area contributed by atoms with Crippen LogP contribution >= 0.6 is 0 Å². The molecule has 7 heteroatoms. The fourth-order valence-electron chi connectivity index (χ4n) is 6.62. The zero-order chi connectivity index (χ0) is 22.1. The lowest BCUT2D eigenvalue weighted by Crippen LogP contribution is -2.67. The molecule has 0 radical (unpaired) electrons. The quantitative estimate of drug-likeness (QED) is 0.714. The van der Waals surface area contributed by atoms with E-state index in [0.717, 1.165) is 30.8 Å². The first-order chi connectivity index (χ1) is 13.9. The van der Waals surface area contributed by atoms with Crippen LogP contribution in [0.4, 0.5) is 4.79 Å². The van der Waals surface area contributed by atoms with Gasteiger partial charge in [-0.3, -0.25) is 14.5 Å². The van der Waals surface area contributed by atoms with Crippen LogP contribution in [0, 0.1) is 22.7 Å². The van der Waals surface area contributed by atoms with Crippen LogP contribution in [0.1, 0.15) is 66.7 Å². The fraction of sp³-hybridized carbons (Fsp3) is 0.870. The Morgan fingerprint density at radius 2 is 1.83 bits per heavy atom. The molecule has 4 amide bonds. The minimum absolute atomic E-state index is 0.0782. The molecule has 168 valence electrons. The van der Waals surface area contributed by atoms with Gasteiger partial charge in [0.05, 0.1) is 6.10 Å². The van der Waals surface area contributed by atoms with Crippen LogP contribution in [0.5, 0.6) is 0 Å². The molecule has 2 saturated carbocycles. The van der Waals surface area contributed by atoms with Gasteiger partial charge in [0.2, 0.25) is 5.91 Å². The highest BCUT2D eigenvalue weighted by molar-refractivity contribution is 6.09. The van der Waals surface area contributed by atoms with Gasteiger partial charge in [0, 0.05) is 31.0 Å². The molecule has 1 spiro atoms. The van der Waals surface area contributed by atoms with E-state index in [-0.39, 0.29) is 41.3 Å². The van der Waals surface area contributed by atoms with Gasteiger partial charge in [-0.15, -0.1) is 0 Å². The number of carbonyl (C=O) groups is 3. The van der Waals surface area contributed by atoms with Crippen molar-refractivity contribution in [2.75, 3.05) is 20.2 Å². The molecule has 0 aromatic rings. The van der Waals surface area contributed by atoms with Crippen molar-refractivity contribution in [1.29, 1.82) is 0 Å². The molecule has 0 bridgehead atoms. The summed E-state index contributed by atoms with van der Waals surface area (Å²) in [6.07, 6.45) is 4.27. The SMILES string of the molecule is CN(C(=O)CN1C(=O)NC2(CCC(C(C)(C)C)CC2)C1=O)[C@@H]1[C@@H]2CCO[C@H]2C1(C)C. The number of rotatable bonds is 3. The summed E-state index contributed by atoms with van der Waals surface area (Å²) in [5, 5.41) is 2.94. The van der Waals surface area contributed by atoms with Gasteiger partial charge in [-0.1, -0.05) is 34.6 Å². The topological polar surface area (TPSA) is 79.0 Å². The number of nitrogens with one attached hydrogen (secondary N) is 1. The van der Waals surface area contributed by atoms with Gasteiger partial charge < -0.3 is 15.0 Å². The van der Waals surface area contributed by atoms with Crippen molar-refractivity contribution in [2.24, 2.45) is 22.7 Å². The van der Waals surface area contributed by atoms with Gasteiger partial charge in [0.15, 0.2) is 0 Å². The highest BCUT2D eigenvalue weighted by Crippen LogP contribution is 2.54. The average Bonchev–Trinajstić information content (AvgIpc) is 3.18. The molecule has 2 aliphatic carbocycles. The molecule has 0 aromatic heterocycles. The predicted octanol–water partition coefficient (Wildman–Crippen LogP) is 2.79. The molecule has 2 saturated heterocycles. The maximum absolute atomic E-state index is 13.2. The number of urea groups is 1. The summed E-state index contributed by atoms with van der Waals surface area (Å²) in [6, 6.07) is -0.347. The van der Waals surface area contributed by atoms with Crippen LogP contribution in [-0.2, 0) is 14.3 Å². The third-order valence-corrected chi connectivity index (χ3v) is 8.45. The van der Waals surface area contributed by atoms with Crippen LogP contribution in [0.15, 0.2) is 0 Å². The summed E-state index contributed by atoms with van der Waals surface area (Å²) in [5.74, 6) is 0.479. The first-order valence-corrected chi connectivity index (χ1v) is 11.4. The number of hydrogen-bond donors (Lipinski definition) is 1. The Kier molecular flexibility index (Phi) is 5.00. The lowest BCUT2D eigenvalue weighted by Gasteiger charge is -2.57. The van der Waals surface area contributed by atoms with Gasteiger partial charge in [-0.2, -0.15) is 0 Å². The van der Waals surface area contributed by atoms with E-state index in [0.29, 0.717) is 24.7 Å². The van der Waals surface area contributed by atoms with Crippen molar-refractivity contribution in [2.45, 2.75) is 84.4 Å². The van der Waals surface area contributed by atoms with Crippen LogP contribution < -0.4 is 5.32 Å². The number of fused-ring (bicyclic) bond motifs is 1. The Hall–Kier alpha value is -1.63. The number of hydrogen-bond acceptors (Lipinski definition) is 4. The Morgan fingerprint density at radius 1 is 1.20 bits per heavy atom. The van der Waals surface area contributed by atoms with Crippen molar-refractivity contribution in [3.63, 3.8) is 0 Å². The molecule has 2 aliphatic heterocycles. The molecule has 4 rings (SSSR count). The number of nitrogens with zero attached hydrogens (tertiary/aromatic N) is 2. The van der Waals surface area contributed by atoms with Crippen LogP contribution in [-0.4, -0.2) is 65.5 Å². The van der Waals surface area contributed by atoms with Crippen molar-refractivity contribution in [1.82, 2.24) is 15.1 Å². The minimum atomic E-state index is -0.822. The first kappa shape index (κ1) is 21.6. The molecular weight excluding hydrogens is 382 g/mol. The maximum Gasteiger partial charge on any atom is 0.325 e. The van der Waals surface area contributed by atoms with Crippen molar-refractivity contribution in [3.05, 3.63) is 0 Å². The van der Waals surface area contributed by atoms with E-state index in [1.807, 2.05) is 0 Å². The van der Waals surface area contributed by atoms with Gasteiger partial charge in [-0.25, -0.2) is 4.79 Å². The molecule has 3 atom stereocenters. The second kappa shape index (κ2) is 6.94. The number of amides is 4. The summed E-state index contributed by atoms with van der Waals surface area (Å²) in [4.78, 5) is 41.8. The van der Waals surface area contributed by atoms with E-state index in [4.69, 9.17) is 4.74 Å². The molecule has 0 unspecified atom stereocenters. The first-order valence-electron chi connectivity index (χ1n) is 11.4. The smallest absolute Gasteiger partial charge is 0.325 e. The van der Waals surface area contributed by atoms with E-state index in [9.17, 15) is 14.4 Å².